The first-order chi connectivity index (χ1) is 16.8. The van der Waals surface area contributed by atoms with Gasteiger partial charge in [0.15, 0.2) is 0 Å². The molecule has 0 aliphatic heterocycles. The lowest BCUT2D eigenvalue weighted by atomic mass is 9.86. The molecule has 0 saturated heterocycles. The van der Waals surface area contributed by atoms with Gasteiger partial charge in [-0.3, -0.25) is 9.59 Å². The van der Waals surface area contributed by atoms with Crippen LogP contribution in [0.25, 0.3) is 22.0 Å². The average molecular weight is 470 g/mol. The van der Waals surface area contributed by atoms with E-state index >= 15 is 0 Å². The third-order valence-corrected chi connectivity index (χ3v) is 6.83. The van der Waals surface area contributed by atoms with E-state index in [0.29, 0.717) is 34.8 Å². The van der Waals surface area contributed by atoms with Crippen LogP contribution in [0, 0.1) is 5.92 Å². The number of rotatable bonds is 6. The van der Waals surface area contributed by atoms with E-state index in [9.17, 15) is 14.7 Å². The van der Waals surface area contributed by atoms with Crippen LogP contribution in [-0.4, -0.2) is 20.6 Å². The van der Waals surface area contributed by atoms with Gasteiger partial charge in [-0.2, -0.15) is 0 Å². The Kier molecular flexibility index (Phi) is 5.85. The third kappa shape index (κ3) is 4.54. The molecule has 4 aromatic rings. The highest BCUT2D eigenvalue weighted by molar-refractivity contribution is 6.05. The van der Waals surface area contributed by atoms with E-state index in [1.54, 1.807) is 16.8 Å². The van der Waals surface area contributed by atoms with Crippen molar-refractivity contribution >= 4 is 22.5 Å². The predicted octanol–water partition coefficient (Wildman–Crippen LogP) is 5.45. The van der Waals surface area contributed by atoms with Crippen LogP contribution in [-0.2, 0) is 18.6 Å². The van der Waals surface area contributed by atoms with Crippen molar-refractivity contribution in [3.05, 3.63) is 88.0 Å². The van der Waals surface area contributed by atoms with Gasteiger partial charge in [-0.05, 0) is 59.6 Å². The number of carbonyl (C=O) groups is 1. The molecule has 2 heterocycles. The highest BCUT2D eigenvalue weighted by atomic mass is 16.3. The van der Waals surface area contributed by atoms with Gasteiger partial charge in [0.05, 0.1) is 6.61 Å². The van der Waals surface area contributed by atoms with E-state index < -0.39 is 0 Å². The smallest absolute Gasteiger partial charge is 0.274 e. The van der Waals surface area contributed by atoms with Crippen LogP contribution >= 0.6 is 0 Å². The van der Waals surface area contributed by atoms with Gasteiger partial charge >= 0.3 is 0 Å². The molecule has 35 heavy (non-hydrogen) atoms. The summed E-state index contributed by atoms with van der Waals surface area (Å²) >= 11 is 0. The summed E-state index contributed by atoms with van der Waals surface area (Å²) in [4.78, 5) is 29.1. The first-order valence-corrected chi connectivity index (χ1v) is 12.1. The number of aliphatic hydroxyl groups is 1. The second kappa shape index (κ2) is 8.86. The fourth-order valence-corrected chi connectivity index (χ4v) is 4.57. The lowest BCUT2D eigenvalue weighted by molar-refractivity contribution is 0.102. The minimum atomic E-state index is -0.248. The fourth-order valence-electron chi connectivity index (χ4n) is 4.57. The number of fused-ring (bicyclic) bond motifs is 1. The maximum atomic E-state index is 13.0. The Morgan fingerprint density at radius 3 is 2.49 bits per heavy atom. The number of benzene rings is 2. The van der Waals surface area contributed by atoms with Crippen LogP contribution < -0.4 is 10.9 Å². The zero-order chi connectivity index (χ0) is 24.7. The molecular formula is C29H31N3O3. The molecule has 0 unspecified atom stereocenters. The SMILES string of the molecule is CC(C)(C)c1ccc(C(=O)Nc2cccc(-c3cn(CC4CC4)c(=O)c4[nH]ccc34)c2CO)cc1. The molecule has 2 aromatic carbocycles. The van der Waals surface area contributed by atoms with Gasteiger partial charge in [0.2, 0.25) is 0 Å². The Labute approximate surface area is 204 Å². The monoisotopic (exact) mass is 469 g/mol. The number of hydrogen-bond acceptors (Lipinski definition) is 3. The third-order valence-electron chi connectivity index (χ3n) is 6.83. The summed E-state index contributed by atoms with van der Waals surface area (Å²) in [5, 5.41) is 14.1. The first kappa shape index (κ1) is 23.1. The van der Waals surface area contributed by atoms with E-state index in [1.165, 1.54) is 0 Å². The normalized spacial score (nSPS) is 13.8. The van der Waals surface area contributed by atoms with Gasteiger partial charge in [-0.15, -0.1) is 0 Å². The van der Waals surface area contributed by atoms with Gasteiger partial charge in [-0.25, -0.2) is 0 Å². The Morgan fingerprint density at radius 1 is 1.09 bits per heavy atom. The summed E-state index contributed by atoms with van der Waals surface area (Å²) in [5.74, 6) is 0.309. The Morgan fingerprint density at radius 2 is 1.83 bits per heavy atom. The summed E-state index contributed by atoms with van der Waals surface area (Å²) in [5.41, 5.74) is 5.06. The van der Waals surface area contributed by atoms with Crippen LogP contribution in [0.2, 0.25) is 0 Å². The molecule has 0 bridgehead atoms. The second-order valence-corrected chi connectivity index (χ2v) is 10.5. The molecule has 0 spiro atoms. The average Bonchev–Trinajstić information content (AvgIpc) is 3.52. The molecule has 1 aliphatic rings. The molecule has 1 amide bonds. The number of hydrogen-bond donors (Lipinski definition) is 3. The number of amides is 1. The second-order valence-electron chi connectivity index (χ2n) is 10.5. The predicted molar refractivity (Wildman–Crippen MR) is 140 cm³/mol. The van der Waals surface area contributed by atoms with Gasteiger partial charge in [0.25, 0.3) is 11.5 Å². The highest BCUT2D eigenvalue weighted by Gasteiger charge is 2.24. The molecular weight excluding hydrogens is 438 g/mol. The molecule has 6 heteroatoms. The van der Waals surface area contributed by atoms with Crippen molar-refractivity contribution in [3.8, 4) is 11.1 Å². The number of aliphatic hydroxyl groups excluding tert-OH is 1. The number of nitrogens with zero attached hydrogens (tertiary/aromatic N) is 1. The van der Waals surface area contributed by atoms with Crippen molar-refractivity contribution in [1.29, 1.82) is 0 Å². The van der Waals surface area contributed by atoms with Crippen molar-refractivity contribution in [2.75, 3.05) is 5.32 Å². The first-order valence-electron chi connectivity index (χ1n) is 12.1. The van der Waals surface area contributed by atoms with E-state index in [0.717, 1.165) is 34.9 Å². The Bertz CT molecular complexity index is 1450. The van der Waals surface area contributed by atoms with Gasteiger partial charge in [0.1, 0.15) is 5.52 Å². The zero-order valence-corrected chi connectivity index (χ0v) is 20.4. The molecule has 1 saturated carbocycles. The minimum absolute atomic E-state index is 0.00691. The van der Waals surface area contributed by atoms with Crippen LogP contribution in [0.5, 0.6) is 0 Å². The molecule has 2 aromatic heterocycles. The van der Waals surface area contributed by atoms with Crippen molar-refractivity contribution in [2.45, 2.75) is 52.2 Å². The lowest BCUT2D eigenvalue weighted by Gasteiger charge is -2.19. The lowest BCUT2D eigenvalue weighted by Crippen LogP contribution is -2.21. The molecule has 3 N–H and O–H groups in total. The van der Waals surface area contributed by atoms with Crippen molar-refractivity contribution in [2.24, 2.45) is 5.92 Å². The maximum Gasteiger partial charge on any atom is 0.274 e. The molecule has 1 aliphatic carbocycles. The van der Waals surface area contributed by atoms with E-state index in [2.05, 4.69) is 31.1 Å². The van der Waals surface area contributed by atoms with Crippen molar-refractivity contribution in [1.82, 2.24) is 9.55 Å². The quantitative estimate of drug-likeness (QED) is 0.351. The molecule has 0 radical (unpaired) electrons. The molecule has 1 fully saturated rings. The Hall–Kier alpha value is -3.64. The molecule has 0 atom stereocenters. The van der Waals surface area contributed by atoms with Crippen LogP contribution in [0.3, 0.4) is 0 Å². The van der Waals surface area contributed by atoms with E-state index in [4.69, 9.17) is 0 Å². The number of pyridine rings is 1. The zero-order valence-electron chi connectivity index (χ0n) is 20.4. The van der Waals surface area contributed by atoms with Crippen molar-refractivity contribution in [3.63, 3.8) is 0 Å². The Balaban J connectivity index is 1.52. The van der Waals surface area contributed by atoms with Gasteiger partial charge in [0, 0.05) is 46.7 Å². The molecule has 5 rings (SSSR count). The summed E-state index contributed by atoms with van der Waals surface area (Å²) in [6.45, 7) is 6.85. The van der Waals surface area contributed by atoms with Crippen molar-refractivity contribution < 1.29 is 9.90 Å². The summed E-state index contributed by atoms with van der Waals surface area (Å²) in [7, 11) is 0. The number of nitrogens with one attached hydrogen (secondary N) is 2. The number of H-pyrrole nitrogens is 1. The van der Waals surface area contributed by atoms with Crippen LogP contribution in [0.15, 0.2) is 65.7 Å². The number of carbonyl (C=O) groups excluding carboxylic acids is 1. The van der Waals surface area contributed by atoms with Crippen LogP contribution in [0.4, 0.5) is 5.69 Å². The fraction of sp³-hybridized carbons (Fsp3) is 0.310. The highest BCUT2D eigenvalue weighted by Crippen LogP contribution is 2.35. The maximum absolute atomic E-state index is 13.0. The van der Waals surface area contributed by atoms with E-state index in [1.807, 2.05) is 48.7 Å². The van der Waals surface area contributed by atoms with E-state index in [-0.39, 0.29) is 23.5 Å². The molecule has 6 nitrogen and oxygen atoms in total. The summed E-state index contributed by atoms with van der Waals surface area (Å²) < 4.78 is 1.77. The van der Waals surface area contributed by atoms with Gasteiger partial charge < -0.3 is 20.0 Å². The minimum Gasteiger partial charge on any atom is -0.392 e. The topological polar surface area (TPSA) is 87.1 Å². The largest absolute Gasteiger partial charge is 0.392 e. The number of aromatic nitrogens is 2. The standard InChI is InChI=1S/C29H31N3O3/c1-29(2,3)20-11-9-19(10-12-20)27(34)31-25-6-4-5-21(24(25)17-33)23-16-32(15-18-7-8-18)28(35)26-22(23)13-14-30-26/h4-6,9-14,16,18,30,33H,7-8,15,17H2,1-3H3,(H,31,34). The summed E-state index contributed by atoms with van der Waals surface area (Å²) in [6, 6.07) is 15.1. The number of aromatic amines is 1. The summed E-state index contributed by atoms with van der Waals surface area (Å²) in [6.07, 6.45) is 5.94. The van der Waals surface area contributed by atoms with Crippen LogP contribution in [0.1, 0.15) is 55.1 Å². The number of anilines is 1. The molecule has 180 valence electrons. The van der Waals surface area contributed by atoms with Gasteiger partial charge in [-0.1, -0.05) is 45.0 Å².